The second kappa shape index (κ2) is 4.61. The standard InChI is InChI=1S/C10H13BrN2OS/c1-6-13-9(5-15-6)10(14)12-4-8(11)7-2-3-7/h5,7-8H,2-4H2,1H3,(H,12,14). The van der Waals surface area contributed by atoms with Gasteiger partial charge < -0.3 is 5.32 Å². The molecule has 1 atom stereocenters. The number of nitrogens with zero attached hydrogens (tertiary/aromatic N) is 1. The maximum Gasteiger partial charge on any atom is 0.270 e. The molecule has 0 aliphatic heterocycles. The summed E-state index contributed by atoms with van der Waals surface area (Å²) in [5, 5.41) is 5.62. The Kier molecular flexibility index (Phi) is 3.41. The molecule has 0 aromatic carbocycles. The van der Waals surface area contributed by atoms with E-state index in [2.05, 4.69) is 26.2 Å². The minimum Gasteiger partial charge on any atom is -0.350 e. The third kappa shape index (κ3) is 3.01. The zero-order valence-electron chi connectivity index (χ0n) is 8.50. The molecule has 1 N–H and O–H groups in total. The molecule has 1 aromatic rings. The Morgan fingerprint density at radius 3 is 3.07 bits per heavy atom. The monoisotopic (exact) mass is 288 g/mol. The highest BCUT2D eigenvalue weighted by molar-refractivity contribution is 9.09. The maximum atomic E-state index is 11.6. The molecule has 5 heteroatoms. The SMILES string of the molecule is Cc1nc(C(=O)NCC(Br)C2CC2)cs1. The van der Waals surface area contributed by atoms with Crippen molar-refractivity contribution in [1.29, 1.82) is 0 Å². The fraction of sp³-hybridized carbons (Fsp3) is 0.600. The summed E-state index contributed by atoms with van der Waals surface area (Å²) in [6.07, 6.45) is 2.56. The summed E-state index contributed by atoms with van der Waals surface area (Å²) >= 11 is 5.08. The van der Waals surface area contributed by atoms with Crippen molar-refractivity contribution < 1.29 is 4.79 Å². The normalized spacial score (nSPS) is 17.5. The summed E-state index contributed by atoms with van der Waals surface area (Å²) in [5.74, 6) is 0.687. The Balaban J connectivity index is 1.81. The lowest BCUT2D eigenvalue weighted by atomic mass is 10.3. The van der Waals surface area contributed by atoms with Crippen LogP contribution in [0, 0.1) is 12.8 Å². The van der Waals surface area contributed by atoms with Gasteiger partial charge >= 0.3 is 0 Å². The molecule has 15 heavy (non-hydrogen) atoms. The molecular formula is C10H13BrN2OS. The van der Waals surface area contributed by atoms with Gasteiger partial charge in [-0.2, -0.15) is 0 Å². The lowest BCUT2D eigenvalue weighted by molar-refractivity contribution is 0.0949. The van der Waals surface area contributed by atoms with Crippen LogP contribution in [0.4, 0.5) is 0 Å². The van der Waals surface area contributed by atoms with Gasteiger partial charge in [-0.1, -0.05) is 15.9 Å². The van der Waals surface area contributed by atoms with Crippen LogP contribution in [0.2, 0.25) is 0 Å². The number of alkyl halides is 1. The molecule has 0 radical (unpaired) electrons. The van der Waals surface area contributed by atoms with Gasteiger partial charge in [0.05, 0.1) is 5.01 Å². The molecule has 1 heterocycles. The molecule has 1 saturated carbocycles. The number of hydrogen-bond donors (Lipinski definition) is 1. The van der Waals surface area contributed by atoms with Gasteiger partial charge in [0, 0.05) is 16.8 Å². The number of nitrogens with one attached hydrogen (secondary N) is 1. The van der Waals surface area contributed by atoms with Crippen LogP contribution in [0.5, 0.6) is 0 Å². The summed E-state index contributed by atoms with van der Waals surface area (Å²) in [7, 11) is 0. The molecule has 0 spiro atoms. The van der Waals surface area contributed by atoms with E-state index in [-0.39, 0.29) is 5.91 Å². The molecule has 0 saturated heterocycles. The van der Waals surface area contributed by atoms with Crippen LogP contribution < -0.4 is 5.32 Å². The van der Waals surface area contributed by atoms with E-state index < -0.39 is 0 Å². The largest absolute Gasteiger partial charge is 0.350 e. The number of rotatable bonds is 4. The van der Waals surface area contributed by atoms with E-state index in [1.54, 1.807) is 5.38 Å². The number of aryl methyl sites for hydroxylation is 1. The van der Waals surface area contributed by atoms with E-state index in [1.807, 2.05) is 6.92 Å². The van der Waals surface area contributed by atoms with Crippen molar-refractivity contribution in [3.05, 3.63) is 16.1 Å². The van der Waals surface area contributed by atoms with Crippen molar-refractivity contribution in [1.82, 2.24) is 10.3 Å². The number of carbonyl (C=O) groups excluding carboxylic acids is 1. The number of hydrogen-bond acceptors (Lipinski definition) is 3. The van der Waals surface area contributed by atoms with Gasteiger partial charge in [0.25, 0.3) is 5.91 Å². The molecule has 3 nitrogen and oxygen atoms in total. The first-order valence-corrected chi connectivity index (χ1v) is 6.81. The average Bonchev–Trinajstić information content (AvgIpc) is 2.97. The fourth-order valence-corrected chi connectivity index (χ4v) is 2.66. The summed E-state index contributed by atoms with van der Waals surface area (Å²) in [6.45, 7) is 2.60. The number of aromatic nitrogens is 1. The highest BCUT2D eigenvalue weighted by Crippen LogP contribution is 2.36. The van der Waals surface area contributed by atoms with E-state index >= 15 is 0 Å². The first-order valence-electron chi connectivity index (χ1n) is 5.01. The summed E-state index contributed by atoms with van der Waals surface area (Å²) in [4.78, 5) is 16.2. The predicted octanol–water partition coefficient (Wildman–Crippen LogP) is 2.35. The fourth-order valence-electron chi connectivity index (χ4n) is 1.37. The van der Waals surface area contributed by atoms with Gasteiger partial charge in [0.1, 0.15) is 5.69 Å². The van der Waals surface area contributed by atoms with Crippen LogP contribution >= 0.6 is 27.3 Å². The van der Waals surface area contributed by atoms with Crippen LogP contribution in [0.25, 0.3) is 0 Å². The van der Waals surface area contributed by atoms with E-state index in [0.717, 1.165) is 10.9 Å². The van der Waals surface area contributed by atoms with E-state index in [0.29, 0.717) is 17.1 Å². The molecule has 1 aliphatic rings. The third-order valence-corrected chi connectivity index (χ3v) is 4.29. The zero-order valence-corrected chi connectivity index (χ0v) is 10.9. The van der Waals surface area contributed by atoms with Gasteiger partial charge in [0.15, 0.2) is 0 Å². The van der Waals surface area contributed by atoms with E-state index in [1.165, 1.54) is 24.2 Å². The molecular weight excluding hydrogens is 276 g/mol. The number of carbonyl (C=O) groups is 1. The van der Waals surface area contributed by atoms with Gasteiger partial charge in [-0.3, -0.25) is 4.79 Å². The number of amides is 1. The average molecular weight is 289 g/mol. The van der Waals surface area contributed by atoms with Crippen molar-refractivity contribution >= 4 is 33.2 Å². The van der Waals surface area contributed by atoms with Gasteiger partial charge in [-0.05, 0) is 25.7 Å². The first-order chi connectivity index (χ1) is 7.16. The summed E-state index contributed by atoms with van der Waals surface area (Å²) < 4.78 is 0. The second-order valence-electron chi connectivity index (χ2n) is 3.82. The highest BCUT2D eigenvalue weighted by atomic mass is 79.9. The smallest absolute Gasteiger partial charge is 0.270 e. The van der Waals surface area contributed by atoms with Crippen molar-refractivity contribution in [3.63, 3.8) is 0 Å². The number of halogens is 1. The van der Waals surface area contributed by atoms with Gasteiger partial charge in [-0.25, -0.2) is 4.98 Å². The molecule has 1 fully saturated rings. The lowest BCUT2D eigenvalue weighted by Crippen LogP contribution is -2.30. The molecule has 1 amide bonds. The lowest BCUT2D eigenvalue weighted by Gasteiger charge is -2.08. The molecule has 82 valence electrons. The molecule has 1 aromatic heterocycles. The highest BCUT2D eigenvalue weighted by Gasteiger charge is 2.29. The Morgan fingerprint density at radius 1 is 1.80 bits per heavy atom. The van der Waals surface area contributed by atoms with E-state index in [4.69, 9.17) is 0 Å². The van der Waals surface area contributed by atoms with Crippen LogP contribution in [0.15, 0.2) is 5.38 Å². The Morgan fingerprint density at radius 2 is 2.53 bits per heavy atom. The van der Waals surface area contributed by atoms with Gasteiger partial charge in [0.2, 0.25) is 0 Å². The van der Waals surface area contributed by atoms with Gasteiger partial charge in [-0.15, -0.1) is 11.3 Å². The third-order valence-electron chi connectivity index (χ3n) is 2.44. The summed E-state index contributed by atoms with van der Waals surface area (Å²) in [5.41, 5.74) is 0.535. The Bertz CT molecular complexity index is 362. The number of thiazole rings is 1. The van der Waals surface area contributed by atoms with E-state index in [9.17, 15) is 4.79 Å². The zero-order chi connectivity index (χ0) is 10.8. The summed E-state index contributed by atoms with van der Waals surface area (Å²) in [6, 6.07) is 0. The van der Waals surface area contributed by atoms with Crippen LogP contribution in [-0.2, 0) is 0 Å². The van der Waals surface area contributed by atoms with Crippen LogP contribution in [0.1, 0.15) is 28.3 Å². The minimum absolute atomic E-state index is 0.0653. The molecule has 1 unspecified atom stereocenters. The van der Waals surface area contributed by atoms with Crippen LogP contribution in [-0.4, -0.2) is 22.3 Å². The minimum atomic E-state index is -0.0653. The van der Waals surface area contributed by atoms with Crippen molar-refractivity contribution in [2.45, 2.75) is 24.6 Å². The molecule has 0 bridgehead atoms. The topological polar surface area (TPSA) is 42.0 Å². The maximum absolute atomic E-state index is 11.6. The van der Waals surface area contributed by atoms with Crippen molar-refractivity contribution in [2.75, 3.05) is 6.54 Å². The van der Waals surface area contributed by atoms with Crippen molar-refractivity contribution in [3.8, 4) is 0 Å². The predicted molar refractivity (Wildman–Crippen MR) is 64.6 cm³/mol. The second-order valence-corrected chi connectivity index (χ2v) is 6.05. The molecule has 2 rings (SSSR count). The quantitative estimate of drug-likeness (QED) is 0.865. The van der Waals surface area contributed by atoms with Crippen LogP contribution in [0.3, 0.4) is 0 Å². The Labute approximate surface area is 101 Å². The Hall–Kier alpha value is -0.420. The molecule has 1 aliphatic carbocycles. The van der Waals surface area contributed by atoms with Crippen molar-refractivity contribution in [2.24, 2.45) is 5.92 Å². The first kappa shape index (κ1) is 11.1.